The molecule has 3 rings (SSSR count). The van der Waals surface area contributed by atoms with E-state index in [0.717, 1.165) is 5.56 Å². The monoisotopic (exact) mass is 390 g/mol. The standard InChI is InChI=1S/C20H27FN4O3/c1-20(2,3)28-19(27)25-10-13-14(11-25)18(13)15(21)9-24-17(26)7-5-12-4-6-16(22)23-8-12/h4-8,13-15,18H,9-11H2,1-3H3,(H2,22,23)(H,24,26)/b7-5+/t13-,14+,15?,18?. The number of nitrogens with two attached hydrogens (primary N) is 1. The Kier molecular flexibility index (Phi) is 5.58. The summed E-state index contributed by atoms with van der Waals surface area (Å²) in [7, 11) is 0. The Labute approximate surface area is 164 Å². The molecule has 0 bridgehead atoms. The number of aromatic nitrogens is 1. The minimum atomic E-state index is -1.12. The van der Waals surface area contributed by atoms with Crippen LogP contribution >= 0.6 is 0 Å². The average molecular weight is 390 g/mol. The summed E-state index contributed by atoms with van der Waals surface area (Å²) < 4.78 is 19.8. The lowest BCUT2D eigenvalue weighted by Gasteiger charge is -2.26. The van der Waals surface area contributed by atoms with Crippen LogP contribution in [0, 0.1) is 17.8 Å². The van der Waals surface area contributed by atoms with Gasteiger partial charge in [-0.1, -0.05) is 0 Å². The van der Waals surface area contributed by atoms with Gasteiger partial charge >= 0.3 is 6.09 Å². The van der Waals surface area contributed by atoms with Crippen LogP contribution in [0.1, 0.15) is 26.3 Å². The Hall–Kier alpha value is -2.64. The molecular formula is C20H27FN4O3. The van der Waals surface area contributed by atoms with E-state index in [1.807, 2.05) is 20.8 Å². The van der Waals surface area contributed by atoms with Gasteiger partial charge in [0.05, 0.1) is 0 Å². The summed E-state index contributed by atoms with van der Waals surface area (Å²) in [5.74, 6) is 0.235. The Balaban J connectivity index is 1.39. The van der Waals surface area contributed by atoms with Crippen LogP contribution < -0.4 is 11.1 Å². The van der Waals surface area contributed by atoms with E-state index >= 15 is 0 Å². The molecule has 7 nitrogen and oxygen atoms in total. The van der Waals surface area contributed by atoms with Crippen LogP contribution in [0.2, 0.25) is 0 Å². The number of pyridine rings is 1. The molecule has 2 unspecified atom stereocenters. The number of likely N-dealkylation sites (tertiary alicyclic amines) is 1. The second-order valence-corrected chi connectivity index (χ2v) is 8.40. The number of alkyl halides is 1. The van der Waals surface area contributed by atoms with Gasteiger partial charge in [0, 0.05) is 37.8 Å². The van der Waals surface area contributed by atoms with Gasteiger partial charge in [-0.05, 0) is 56.4 Å². The quantitative estimate of drug-likeness (QED) is 0.752. The number of nitrogen functional groups attached to an aromatic ring is 1. The van der Waals surface area contributed by atoms with Crippen LogP contribution in [0.25, 0.3) is 6.08 Å². The van der Waals surface area contributed by atoms with Crippen LogP contribution in [0.3, 0.4) is 0 Å². The highest BCUT2D eigenvalue weighted by Crippen LogP contribution is 2.54. The topological polar surface area (TPSA) is 97.5 Å². The van der Waals surface area contributed by atoms with Gasteiger partial charge in [-0.25, -0.2) is 14.2 Å². The maximum Gasteiger partial charge on any atom is 0.410 e. The number of hydrogen-bond donors (Lipinski definition) is 2. The van der Waals surface area contributed by atoms with E-state index in [0.29, 0.717) is 18.9 Å². The fourth-order valence-corrected chi connectivity index (χ4v) is 3.66. The zero-order valence-corrected chi connectivity index (χ0v) is 16.4. The molecule has 0 aromatic carbocycles. The zero-order valence-electron chi connectivity index (χ0n) is 16.4. The molecule has 152 valence electrons. The summed E-state index contributed by atoms with van der Waals surface area (Å²) >= 11 is 0. The smallest absolute Gasteiger partial charge is 0.410 e. The van der Waals surface area contributed by atoms with Crippen molar-refractivity contribution in [2.75, 3.05) is 25.4 Å². The minimum Gasteiger partial charge on any atom is -0.444 e. The molecule has 2 fully saturated rings. The van der Waals surface area contributed by atoms with Gasteiger partial charge in [0.25, 0.3) is 0 Å². The number of anilines is 1. The maximum absolute atomic E-state index is 14.5. The number of fused-ring (bicyclic) bond motifs is 1. The maximum atomic E-state index is 14.5. The van der Waals surface area contributed by atoms with Crippen molar-refractivity contribution < 1.29 is 18.7 Å². The molecule has 8 heteroatoms. The highest BCUT2D eigenvalue weighted by molar-refractivity contribution is 5.91. The number of halogens is 1. The molecule has 2 aliphatic rings. The number of rotatable bonds is 5. The summed E-state index contributed by atoms with van der Waals surface area (Å²) in [6.45, 7) is 6.47. The number of ether oxygens (including phenoxy) is 1. The van der Waals surface area contributed by atoms with Crippen LogP contribution in [-0.2, 0) is 9.53 Å². The Bertz CT molecular complexity index is 748. The summed E-state index contributed by atoms with van der Waals surface area (Å²) in [5.41, 5.74) is 5.70. The van der Waals surface area contributed by atoms with Gasteiger partial charge in [0.2, 0.25) is 5.91 Å². The number of amides is 2. The van der Waals surface area contributed by atoms with Gasteiger partial charge in [0.1, 0.15) is 17.6 Å². The van der Waals surface area contributed by atoms with E-state index in [-0.39, 0.29) is 36.3 Å². The summed E-state index contributed by atoms with van der Waals surface area (Å²) in [6, 6.07) is 3.38. The number of carbonyl (C=O) groups excluding carboxylic acids is 2. The lowest BCUT2D eigenvalue weighted by molar-refractivity contribution is -0.116. The molecule has 3 N–H and O–H groups in total. The van der Waals surface area contributed by atoms with Crippen molar-refractivity contribution >= 4 is 23.9 Å². The largest absolute Gasteiger partial charge is 0.444 e. The average Bonchev–Trinajstić information content (AvgIpc) is 3.11. The predicted octanol–water partition coefficient (Wildman–Crippen LogP) is 2.24. The molecule has 1 saturated heterocycles. The van der Waals surface area contributed by atoms with Gasteiger partial charge in [0.15, 0.2) is 0 Å². The first-order valence-electron chi connectivity index (χ1n) is 9.43. The molecule has 0 spiro atoms. The van der Waals surface area contributed by atoms with E-state index in [1.54, 1.807) is 29.3 Å². The van der Waals surface area contributed by atoms with E-state index in [9.17, 15) is 14.0 Å². The highest BCUT2D eigenvalue weighted by Gasteiger charge is 2.60. The van der Waals surface area contributed by atoms with Gasteiger partial charge in [-0.15, -0.1) is 0 Å². The van der Waals surface area contributed by atoms with Crippen molar-refractivity contribution in [1.82, 2.24) is 15.2 Å². The third kappa shape index (κ3) is 4.99. The van der Waals surface area contributed by atoms with Crippen LogP contribution in [-0.4, -0.2) is 53.3 Å². The fraction of sp³-hybridized carbons (Fsp3) is 0.550. The number of piperidine rings is 1. The van der Waals surface area contributed by atoms with E-state index in [2.05, 4.69) is 10.3 Å². The van der Waals surface area contributed by atoms with Crippen molar-refractivity contribution in [3.63, 3.8) is 0 Å². The number of hydrogen-bond acceptors (Lipinski definition) is 5. The third-order valence-electron chi connectivity index (χ3n) is 5.04. The molecule has 1 aliphatic heterocycles. The molecule has 2 amide bonds. The third-order valence-corrected chi connectivity index (χ3v) is 5.04. The highest BCUT2D eigenvalue weighted by atomic mass is 19.1. The molecule has 2 heterocycles. The van der Waals surface area contributed by atoms with Crippen molar-refractivity contribution in [3.05, 3.63) is 30.0 Å². The minimum absolute atomic E-state index is 0.0345. The molecule has 1 aromatic heterocycles. The Morgan fingerprint density at radius 1 is 1.39 bits per heavy atom. The van der Waals surface area contributed by atoms with Crippen molar-refractivity contribution in [3.8, 4) is 0 Å². The summed E-state index contributed by atoms with van der Waals surface area (Å²) in [4.78, 5) is 29.5. The summed E-state index contributed by atoms with van der Waals surface area (Å²) in [6.07, 6.45) is 3.03. The van der Waals surface area contributed by atoms with Crippen LogP contribution in [0.4, 0.5) is 15.0 Å². The molecule has 28 heavy (non-hydrogen) atoms. The lowest BCUT2D eigenvalue weighted by atomic mass is 10.1. The van der Waals surface area contributed by atoms with E-state index in [1.165, 1.54) is 6.08 Å². The Morgan fingerprint density at radius 3 is 2.64 bits per heavy atom. The summed E-state index contributed by atoms with van der Waals surface area (Å²) in [5, 5.41) is 2.59. The molecule has 0 radical (unpaired) electrons. The SMILES string of the molecule is CC(C)(C)OC(=O)N1C[C@@H]2C(C(F)CNC(=O)/C=C/c3ccc(N)nc3)[C@@H]2C1. The van der Waals surface area contributed by atoms with Crippen LogP contribution in [0.15, 0.2) is 24.4 Å². The second-order valence-electron chi connectivity index (χ2n) is 8.40. The second kappa shape index (κ2) is 7.77. The number of nitrogens with zero attached hydrogens (tertiary/aromatic N) is 2. The first-order chi connectivity index (χ1) is 13.1. The number of nitrogens with one attached hydrogen (secondary N) is 1. The normalized spacial score (nSPS) is 24.7. The fourth-order valence-electron chi connectivity index (χ4n) is 3.66. The molecule has 1 aromatic rings. The first kappa shape index (κ1) is 20.1. The Morgan fingerprint density at radius 2 is 2.07 bits per heavy atom. The number of carbonyl (C=O) groups is 2. The van der Waals surface area contributed by atoms with Gasteiger partial charge < -0.3 is 20.7 Å². The molecular weight excluding hydrogens is 363 g/mol. The van der Waals surface area contributed by atoms with Crippen LogP contribution in [0.5, 0.6) is 0 Å². The van der Waals surface area contributed by atoms with E-state index < -0.39 is 11.8 Å². The van der Waals surface area contributed by atoms with Gasteiger partial charge in [-0.2, -0.15) is 0 Å². The molecule has 1 aliphatic carbocycles. The predicted molar refractivity (Wildman–Crippen MR) is 104 cm³/mol. The molecule has 1 saturated carbocycles. The van der Waals surface area contributed by atoms with Crippen molar-refractivity contribution in [2.45, 2.75) is 32.5 Å². The van der Waals surface area contributed by atoms with Crippen molar-refractivity contribution in [1.29, 1.82) is 0 Å². The van der Waals surface area contributed by atoms with Gasteiger partial charge in [-0.3, -0.25) is 4.79 Å². The first-order valence-corrected chi connectivity index (χ1v) is 9.43. The zero-order chi connectivity index (χ0) is 20.5. The van der Waals surface area contributed by atoms with E-state index in [4.69, 9.17) is 10.5 Å². The molecule has 4 atom stereocenters. The lowest BCUT2D eigenvalue weighted by Crippen LogP contribution is -2.38. The van der Waals surface area contributed by atoms with Crippen molar-refractivity contribution in [2.24, 2.45) is 17.8 Å².